The number of halogens is 3. The third-order valence-electron chi connectivity index (χ3n) is 2.77. The maximum Gasteiger partial charge on any atom is 0.255 e. The summed E-state index contributed by atoms with van der Waals surface area (Å²) in [6, 6.07) is 1.53. The van der Waals surface area contributed by atoms with Crippen molar-refractivity contribution in [3.8, 4) is 0 Å². The molecular formula is C13H12ClF2N3O2. The molecule has 0 aliphatic heterocycles. The fourth-order valence-electron chi connectivity index (χ4n) is 1.66. The van der Waals surface area contributed by atoms with Gasteiger partial charge in [-0.05, 0) is 12.1 Å². The van der Waals surface area contributed by atoms with Gasteiger partial charge < -0.3 is 9.32 Å². The average Bonchev–Trinajstić information content (AvgIpc) is 2.89. The summed E-state index contributed by atoms with van der Waals surface area (Å²) < 4.78 is 31.5. The van der Waals surface area contributed by atoms with Gasteiger partial charge in [-0.3, -0.25) is 4.79 Å². The summed E-state index contributed by atoms with van der Waals surface area (Å²) in [5.74, 6) is -2.11. The highest BCUT2D eigenvalue weighted by Crippen LogP contribution is 2.21. The quantitative estimate of drug-likeness (QED) is 0.814. The van der Waals surface area contributed by atoms with Gasteiger partial charge in [-0.2, -0.15) is 0 Å². The monoisotopic (exact) mass is 315 g/mol. The van der Waals surface area contributed by atoms with Crippen LogP contribution >= 0.6 is 11.6 Å². The molecule has 112 valence electrons. The van der Waals surface area contributed by atoms with E-state index in [0.717, 1.165) is 12.1 Å². The highest BCUT2D eigenvalue weighted by molar-refractivity contribution is 6.33. The number of carbonyl (C=O) groups excluding carboxylic acids is 1. The van der Waals surface area contributed by atoms with Crippen LogP contribution in [-0.4, -0.2) is 28.1 Å². The van der Waals surface area contributed by atoms with Gasteiger partial charge in [0.05, 0.1) is 17.1 Å². The van der Waals surface area contributed by atoms with E-state index < -0.39 is 17.5 Å². The molecule has 1 aromatic carbocycles. The third kappa shape index (κ3) is 3.36. The first-order valence-corrected chi connectivity index (χ1v) is 6.51. The third-order valence-corrected chi connectivity index (χ3v) is 3.08. The highest BCUT2D eigenvalue weighted by atomic mass is 35.5. The highest BCUT2D eigenvalue weighted by Gasteiger charge is 2.20. The molecule has 0 aliphatic carbocycles. The van der Waals surface area contributed by atoms with E-state index in [1.54, 1.807) is 0 Å². The Morgan fingerprint density at radius 2 is 1.90 bits per heavy atom. The number of aromatic nitrogens is 2. The largest absolute Gasteiger partial charge is 0.423 e. The lowest BCUT2D eigenvalue weighted by Gasteiger charge is -2.15. The van der Waals surface area contributed by atoms with Crippen LogP contribution in [0.25, 0.3) is 0 Å². The molecular weight excluding hydrogens is 304 g/mol. The van der Waals surface area contributed by atoms with Crippen LogP contribution in [0.3, 0.4) is 0 Å². The smallest absolute Gasteiger partial charge is 0.255 e. The van der Waals surface area contributed by atoms with E-state index in [9.17, 15) is 13.6 Å². The Morgan fingerprint density at radius 1 is 1.29 bits per heavy atom. The van der Waals surface area contributed by atoms with E-state index in [-0.39, 0.29) is 23.0 Å². The molecule has 0 unspecified atom stereocenters. The van der Waals surface area contributed by atoms with Gasteiger partial charge in [0.15, 0.2) is 11.6 Å². The topological polar surface area (TPSA) is 59.2 Å². The Bertz CT molecular complexity index is 675. The molecule has 0 atom stereocenters. The lowest BCUT2D eigenvalue weighted by molar-refractivity contribution is 0.0772. The number of amides is 1. The van der Waals surface area contributed by atoms with Gasteiger partial charge in [0, 0.05) is 13.5 Å². The first kappa shape index (κ1) is 15.4. The molecule has 0 saturated heterocycles. The van der Waals surface area contributed by atoms with Crippen molar-refractivity contribution in [2.24, 2.45) is 0 Å². The molecule has 1 heterocycles. The van der Waals surface area contributed by atoms with Crippen molar-refractivity contribution in [1.82, 2.24) is 15.1 Å². The van der Waals surface area contributed by atoms with Crippen LogP contribution in [0.4, 0.5) is 8.78 Å². The molecule has 0 spiro atoms. The molecule has 21 heavy (non-hydrogen) atoms. The standard InChI is InChI=1S/C13H12ClF2N3O2/c1-3-11-17-18-12(21-11)6-19(2)13(20)7-4-9(15)10(16)5-8(7)14/h4-5H,3,6H2,1-2H3. The van der Waals surface area contributed by atoms with E-state index in [2.05, 4.69) is 10.2 Å². The van der Waals surface area contributed by atoms with Gasteiger partial charge in [0.25, 0.3) is 5.91 Å². The van der Waals surface area contributed by atoms with Crippen LogP contribution in [0.5, 0.6) is 0 Å². The Kier molecular flexibility index (Phi) is 4.52. The fourth-order valence-corrected chi connectivity index (χ4v) is 1.89. The molecule has 1 amide bonds. The lowest BCUT2D eigenvalue weighted by atomic mass is 10.2. The number of aryl methyl sites for hydroxylation is 1. The van der Waals surface area contributed by atoms with Crippen LogP contribution in [0.1, 0.15) is 29.1 Å². The minimum absolute atomic E-state index is 0.0428. The summed E-state index contributed by atoms with van der Waals surface area (Å²) in [6.45, 7) is 1.90. The predicted molar refractivity (Wildman–Crippen MR) is 70.8 cm³/mol. The number of nitrogens with zero attached hydrogens (tertiary/aromatic N) is 3. The van der Waals surface area contributed by atoms with Crippen LogP contribution in [-0.2, 0) is 13.0 Å². The lowest BCUT2D eigenvalue weighted by Crippen LogP contribution is -2.26. The summed E-state index contributed by atoms with van der Waals surface area (Å²) >= 11 is 5.76. The summed E-state index contributed by atoms with van der Waals surface area (Å²) in [5, 5.41) is 7.39. The van der Waals surface area contributed by atoms with Gasteiger partial charge >= 0.3 is 0 Å². The van der Waals surface area contributed by atoms with E-state index >= 15 is 0 Å². The first-order chi connectivity index (χ1) is 9.92. The second-order valence-corrected chi connectivity index (χ2v) is 4.76. The molecule has 0 aliphatic rings. The summed E-state index contributed by atoms with van der Waals surface area (Å²) in [6.07, 6.45) is 0.583. The van der Waals surface area contributed by atoms with E-state index in [1.165, 1.54) is 11.9 Å². The van der Waals surface area contributed by atoms with Crippen LogP contribution < -0.4 is 0 Å². The Balaban J connectivity index is 2.17. The number of benzene rings is 1. The van der Waals surface area contributed by atoms with Crippen molar-refractivity contribution in [1.29, 1.82) is 0 Å². The average molecular weight is 316 g/mol. The molecule has 0 bridgehead atoms. The molecule has 2 aromatic rings. The fraction of sp³-hybridized carbons (Fsp3) is 0.308. The maximum absolute atomic E-state index is 13.2. The minimum Gasteiger partial charge on any atom is -0.423 e. The van der Waals surface area contributed by atoms with Crippen molar-refractivity contribution in [3.05, 3.63) is 46.1 Å². The zero-order valence-corrected chi connectivity index (χ0v) is 12.1. The number of rotatable bonds is 4. The maximum atomic E-state index is 13.2. The van der Waals surface area contributed by atoms with Crippen molar-refractivity contribution in [3.63, 3.8) is 0 Å². The molecule has 0 radical (unpaired) electrons. The molecule has 8 heteroatoms. The van der Waals surface area contributed by atoms with Crippen LogP contribution in [0.15, 0.2) is 16.5 Å². The van der Waals surface area contributed by atoms with Gasteiger partial charge in [-0.1, -0.05) is 18.5 Å². The normalized spacial score (nSPS) is 10.7. The van der Waals surface area contributed by atoms with Crippen molar-refractivity contribution in [2.75, 3.05) is 7.05 Å². The zero-order valence-electron chi connectivity index (χ0n) is 11.4. The second kappa shape index (κ2) is 6.17. The van der Waals surface area contributed by atoms with Crippen molar-refractivity contribution >= 4 is 17.5 Å². The molecule has 0 saturated carbocycles. The minimum atomic E-state index is -1.14. The zero-order chi connectivity index (χ0) is 15.6. The van der Waals surface area contributed by atoms with E-state index in [1.807, 2.05) is 6.92 Å². The Labute approximate surface area is 124 Å². The van der Waals surface area contributed by atoms with Gasteiger partial charge in [0.1, 0.15) is 0 Å². The van der Waals surface area contributed by atoms with Crippen molar-refractivity contribution < 1.29 is 18.0 Å². The SMILES string of the molecule is CCc1nnc(CN(C)C(=O)c2cc(F)c(F)cc2Cl)o1. The van der Waals surface area contributed by atoms with Crippen LogP contribution in [0.2, 0.25) is 5.02 Å². The van der Waals surface area contributed by atoms with Crippen LogP contribution in [0, 0.1) is 11.6 Å². The van der Waals surface area contributed by atoms with Gasteiger partial charge in [-0.15, -0.1) is 10.2 Å². The van der Waals surface area contributed by atoms with E-state index in [4.69, 9.17) is 16.0 Å². The van der Waals surface area contributed by atoms with Gasteiger partial charge in [-0.25, -0.2) is 8.78 Å². The van der Waals surface area contributed by atoms with Crippen molar-refractivity contribution in [2.45, 2.75) is 19.9 Å². The summed E-state index contributed by atoms with van der Waals surface area (Å²) in [7, 11) is 1.47. The Hall–Kier alpha value is -2.02. The number of carbonyl (C=O) groups is 1. The Morgan fingerprint density at radius 3 is 2.52 bits per heavy atom. The summed E-state index contributed by atoms with van der Waals surface area (Å²) in [5.41, 5.74) is -0.131. The second-order valence-electron chi connectivity index (χ2n) is 4.35. The molecule has 2 rings (SSSR count). The van der Waals surface area contributed by atoms with E-state index in [0.29, 0.717) is 12.3 Å². The molecule has 0 N–H and O–H groups in total. The predicted octanol–water partition coefficient (Wildman–Crippen LogP) is 2.84. The van der Waals surface area contributed by atoms with Gasteiger partial charge in [0.2, 0.25) is 11.8 Å². The molecule has 0 fully saturated rings. The summed E-state index contributed by atoms with van der Waals surface area (Å²) in [4.78, 5) is 13.4. The molecule has 5 nitrogen and oxygen atoms in total. The number of hydrogen-bond donors (Lipinski definition) is 0. The molecule has 1 aromatic heterocycles. The number of hydrogen-bond acceptors (Lipinski definition) is 4. The first-order valence-electron chi connectivity index (χ1n) is 6.13.